The number of hydrogen-bond acceptors (Lipinski definition) is 6. The number of rotatable bonds is 10. The number of hydrogen-bond donors (Lipinski definition) is 3. The molecule has 1 rings (SSSR count). The molecule has 1 aromatic carbocycles. The predicted molar refractivity (Wildman–Crippen MR) is 102 cm³/mol. The number of benzene rings is 1. The van der Waals surface area contributed by atoms with E-state index in [0.717, 1.165) is 6.54 Å². The number of likely N-dealkylation sites (N-methyl/N-ethyl adjacent to an activating group) is 1. The van der Waals surface area contributed by atoms with E-state index in [-0.39, 0.29) is 47.1 Å². The normalized spacial score (nSPS) is 13.0. The third-order valence-corrected chi connectivity index (χ3v) is 6.01. The van der Waals surface area contributed by atoms with Crippen molar-refractivity contribution in [3.63, 3.8) is 0 Å². The third-order valence-electron chi connectivity index (χ3n) is 3.24. The molecule has 0 aliphatic heterocycles. The maximum atomic E-state index is 12.4. The maximum Gasteiger partial charge on any atom is 0.244 e. The molecule has 0 aromatic heterocycles. The van der Waals surface area contributed by atoms with Gasteiger partial charge < -0.3 is 10.1 Å². The van der Waals surface area contributed by atoms with Crippen LogP contribution in [0.2, 0.25) is 0 Å². The van der Waals surface area contributed by atoms with Crippen molar-refractivity contribution in [2.75, 3.05) is 30.7 Å². The number of methoxy groups -OCH3 is 1. The second-order valence-electron chi connectivity index (χ2n) is 5.18. The summed E-state index contributed by atoms with van der Waals surface area (Å²) in [5, 5.41) is 3.10. The van der Waals surface area contributed by atoms with E-state index in [9.17, 15) is 16.8 Å². The molecule has 0 bridgehead atoms. The van der Waals surface area contributed by atoms with Crippen molar-refractivity contribution in [2.45, 2.75) is 31.7 Å². The van der Waals surface area contributed by atoms with Gasteiger partial charge in [0, 0.05) is 18.7 Å². The second-order valence-corrected chi connectivity index (χ2v) is 8.93. The summed E-state index contributed by atoms with van der Waals surface area (Å²) in [6.07, 6.45) is 0. The fraction of sp³-hybridized carbons (Fsp3) is 0.571. The first-order chi connectivity index (χ1) is 11.1. The van der Waals surface area contributed by atoms with Crippen LogP contribution in [0.1, 0.15) is 20.8 Å². The standard InChI is InChI=1S/C14H25N3O5S2.ClH/c1-5-15-11(3)10-16-24(20,21)14-8-7-12(9-13(14)22-4)17-23(18,19)6-2;/h7-9,11,15-17H,5-6,10H2,1-4H3;1H/t11-;/m1./s1. The van der Waals surface area contributed by atoms with Crippen LogP contribution in [0.15, 0.2) is 23.1 Å². The van der Waals surface area contributed by atoms with Gasteiger partial charge >= 0.3 is 0 Å². The highest BCUT2D eigenvalue weighted by molar-refractivity contribution is 7.92. The molecule has 25 heavy (non-hydrogen) atoms. The molecule has 3 N–H and O–H groups in total. The Morgan fingerprint density at radius 1 is 1.16 bits per heavy atom. The first-order valence-electron chi connectivity index (χ1n) is 7.56. The Morgan fingerprint density at radius 2 is 1.80 bits per heavy atom. The lowest BCUT2D eigenvalue weighted by Crippen LogP contribution is -2.38. The maximum absolute atomic E-state index is 12.4. The van der Waals surface area contributed by atoms with E-state index in [1.807, 2.05) is 13.8 Å². The van der Waals surface area contributed by atoms with Gasteiger partial charge in [0.1, 0.15) is 10.6 Å². The molecule has 0 fully saturated rings. The summed E-state index contributed by atoms with van der Waals surface area (Å²) in [4.78, 5) is -0.0480. The molecule has 0 unspecified atom stereocenters. The second kappa shape index (κ2) is 10.2. The van der Waals surface area contributed by atoms with Crippen molar-refractivity contribution in [3.8, 4) is 5.75 Å². The van der Waals surface area contributed by atoms with Crippen molar-refractivity contribution in [1.29, 1.82) is 0 Å². The number of ether oxygens (including phenoxy) is 1. The van der Waals surface area contributed by atoms with Gasteiger partial charge in [-0.25, -0.2) is 21.6 Å². The third kappa shape index (κ3) is 7.37. The van der Waals surface area contributed by atoms with Crippen molar-refractivity contribution in [3.05, 3.63) is 18.2 Å². The number of nitrogens with one attached hydrogen (secondary N) is 3. The highest BCUT2D eigenvalue weighted by Crippen LogP contribution is 2.27. The summed E-state index contributed by atoms with van der Waals surface area (Å²) >= 11 is 0. The largest absolute Gasteiger partial charge is 0.495 e. The number of halogens is 1. The molecular weight excluding hydrogens is 390 g/mol. The monoisotopic (exact) mass is 415 g/mol. The Kier molecular flexibility index (Phi) is 9.73. The summed E-state index contributed by atoms with van der Waals surface area (Å²) in [7, 11) is -5.90. The van der Waals surface area contributed by atoms with E-state index in [2.05, 4.69) is 14.8 Å². The average Bonchev–Trinajstić information content (AvgIpc) is 2.52. The molecule has 0 saturated heterocycles. The molecular formula is C14H26ClN3O5S2. The molecule has 11 heteroatoms. The predicted octanol–water partition coefficient (Wildman–Crippen LogP) is 1.15. The quantitative estimate of drug-likeness (QED) is 0.528. The molecule has 8 nitrogen and oxygen atoms in total. The van der Waals surface area contributed by atoms with Crippen LogP contribution >= 0.6 is 12.4 Å². The molecule has 146 valence electrons. The Balaban J connectivity index is 0.00000576. The minimum absolute atomic E-state index is 0. The van der Waals surface area contributed by atoms with Crippen LogP contribution in [-0.2, 0) is 20.0 Å². The highest BCUT2D eigenvalue weighted by Gasteiger charge is 2.21. The van der Waals surface area contributed by atoms with Crippen LogP contribution in [-0.4, -0.2) is 48.8 Å². The lowest BCUT2D eigenvalue weighted by molar-refractivity contribution is 0.402. The SMILES string of the molecule is CCN[C@H](C)CNS(=O)(=O)c1ccc(NS(=O)(=O)CC)cc1OC.Cl. The van der Waals surface area contributed by atoms with Gasteiger partial charge in [0.15, 0.2) is 0 Å². The summed E-state index contributed by atoms with van der Waals surface area (Å²) in [5.41, 5.74) is 0.244. The Hall–Kier alpha value is -1.07. The minimum Gasteiger partial charge on any atom is -0.495 e. The summed E-state index contributed by atoms with van der Waals surface area (Å²) in [6.45, 7) is 6.27. The molecule has 0 radical (unpaired) electrons. The van der Waals surface area contributed by atoms with Gasteiger partial charge in [0.2, 0.25) is 20.0 Å². The number of sulfonamides is 2. The topological polar surface area (TPSA) is 114 Å². The van der Waals surface area contributed by atoms with Crippen LogP contribution in [0.25, 0.3) is 0 Å². The molecule has 0 spiro atoms. The van der Waals surface area contributed by atoms with Gasteiger partial charge in [0.25, 0.3) is 0 Å². The van der Waals surface area contributed by atoms with E-state index < -0.39 is 20.0 Å². The molecule has 0 aliphatic rings. The summed E-state index contributed by atoms with van der Waals surface area (Å²) in [5.74, 6) is -0.0194. The molecule has 0 saturated carbocycles. The van der Waals surface area contributed by atoms with E-state index in [1.54, 1.807) is 0 Å². The highest BCUT2D eigenvalue weighted by atomic mass is 35.5. The zero-order valence-electron chi connectivity index (χ0n) is 14.7. The summed E-state index contributed by atoms with van der Waals surface area (Å²) in [6, 6.07) is 4.02. The Labute approximate surface area is 156 Å². The summed E-state index contributed by atoms with van der Waals surface area (Å²) < 4.78 is 58.0. The van der Waals surface area contributed by atoms with Crippen LogP contribution in [0.5, 0.6) is 5.75 Å². The zero-order chi connectivity index (χ0) is 18.4. The van der Waals surface area contributed by atoms with E-state index in [4.69, 9.17) is 4.74 Å². The van der Waals surface area contributed by atoms with Crippen molar-refractivity contribution in [1.82, 2.24) is 10.0 Å². The average molecular weight is 416 g/mol. The minimum atomic E-state index is -3.77. The van der Waals surface area contributed by atoms with Crippen LogP contribution in [0, 0.1) is 0 Å². The molecule has 1 aromatic rings. The van der Waals surface area contributed by atoms with Gasteiger partial charge in [-0.05, 0) is 32.5 Å². The smallest absolute Gasteiger partial charge is 0.244 e. The van der Waals surface area contributed by atoms with Crippen LogP contribution in [0.3, 0.4) is 0 Å². The zero-order valence-corrected chi connectivity index (χ0v) is 17.1. The van der Waals surface area contributed by atoms with Gasteiger partial charge in [-0.15, -0.1) is 12.4 Å². The Bertz CT molecular complexity index is 754. The lowest BCUT2D eigenvalue weighted by Gasteiger charge is -2.16. The molecule has 0 amide bonds. The van der Waals surface area contributed by atoms with Crippen molar-refractivity contribution >= 4 is 38.1 Å². The first-order valence-corrected chi connectivity index (χ1v) is 10.7. The lowest BCUT2D eigenvalue weighted by atomic mass is 10.3. The number of anilines is 1. The van der Waals surface area contributed by atoms with E-state index in [0.29, 0.717) is 0 Å². The fourth-order valence-corrected chi connectivity index (χ4v) is 3.85. The van der Waals surface area contributed by atoms with Gasteiger partial charge in [0.05, 0.1) is 18.6 Å². The Morgan fingerprint density at radius 3 is 2.32 bits per heavy atom. The molecule has 0 heterocycles. The van der Waals surface area contributed by atoms with E-state index >= 15 is 0 Å². The molecule has 1 atom stereocenters. The first kappa shape index (κ1) is 23.9. The van der Waals surface area contributed by atoms with Crippen LogP contribution in [0.4, 0.5) is 5.69 Å². The van der Waals surface area contributed by atoms with Crippen molar-refractivity contribution < 1.29 is 21.6 Å². The fourth-order valence-electron chi connectivity index (χ4n) is 1.94. The van der Waals surface area contributed by atoms with Gasteiger partial charge in [-0.3, -0.25) is 4.72 Å². The van der Waals surface area contributed by atoms with Gasteiger partial charge in [-0.2, -0.15) is 0 Å². The van der Waals surface area contributed by atoms with E-state index in [1.165, 1.54) is 32.2 Å². The van der Waals surface area contributed by atoms with Gasteiger partial charge in [-0.1, -0.05) is 6.92 Å². The van der Waals surface area contributed by atoms with Crippen molar-refractivity contribution in [2.24, 2.45) is 0 Å². The molecule has 0 aliphatic carbocycles. The van der Waals surface area contributed by atoms with Crippen LogP contribution < -0.4 is 19.5 Å².